The van der Waals surface area contributed by atoms with E-state index in [4.69, 9.17) is 19.9 Å². The van der Waals surface area contributed by atoms with Gasteiger partial charge in [0, 0.05) is 36.5 Å². The summed E-state index contributed by atoms with van der Waals surface area (Å²) >= 11 is 0. The first kappa shape index (κ1) is 48.7. The Hall–Kier alpha value is -4.70. The molecule has 4 heterocycles. The molecule has 0 aliphatic heterocycles. The predicted molar refractivity (Wildman–Crippen MR) is 274 cm³/mol. The van der Waals surface area contributed by atoms with Crippen LogP contribution in [0.2, 0.25) is 0 Å². The van der Waals surface area contributed by atoms with Crippen LogP contribution in [0.5, 0.6) is 0 Å². The van der Waals surface area contributed by atoms with Crippen LogP contribution in [-0.2, 0) is 58.0 Å². The molecule has 1 radical (unpaired) electrons. The summed E-state index contributed by atoms with van der Waals surface area (Å²) in [6.45, 7) is 48.5. The van der Waals surface area contributed by atoms with Gasteiger partial charge in [0.05, 0.1) is 39.4 Å². The number of fused-ring (bicyclic) bond motifs is 12. The molecule has 10 rings (SSSR count). The van der Waals surface area contributed by atoms with Gasteiger partial charge in [-0.05, 0) is 95.5 Å². The van der Waals surface area contributed by atoms with Gasteiger partial charge in [0.15, 0.2) is 0 Å². The zero-order valence-electron chi connectivity index (χ0n) is 44.1. The molecule has 0 atom stereocenters. The maximum absolute atomic E-state index is 9.69. The van der Waals surface area contributed by atoms with Crippen molar-refractivity contribution in [3.05, 3.63) is 106 Å². The van der Waals surface area contributed by atoms with Gasteiger partial charge in [0.2, 0.25) is 0 Å². The van der Waals surface area contributed by atoms with Crippen molar-refractivity contribution in [2.75, 3.05) is 0 Å². The van der Waals surface area contributed by atoms with Gasteiger partial charge < -0.3 is 8.80 Å². The van der Waals surface area contributed by atoms with E-state index in [-0.39, 0.29) is 68.8 Å². The molecule has 0 saturated carbocycles. The molecule has 0 fully saturated rings. The fraction of sp³-hybridized carbons (Fsp3) is 0.508. The molecule has 8 aromatic rings. The van der Waals surface area contributed by atoms with Crippen LogP contribution in [0.3, 0.4) is 0 Å². The van der Waals surface area contributed by atoms with Gasteiger partial charge in [-0.1, -0.05) is 156 Å². The number of benzene rings is 4. The van der Waals surface area contributed by atoms with Gasteiger partial charge in [-0.2, -0.15) is 5.26 Å². The van der Waals surface area contributed by atoms with Crippen LogP contribution in [0, 0.1) is 34.3 Å². The summed E-state index contributed by atoms with van der Waals surface area (Å²) in [6.07, 6.45) is 0. The number of nitriles is 1. The fourth-order valence-electron chi connectivity index (χ4n) is 11.4. The van der Waals surface area contributed by atoms with Crippen LogP contribution in [0.25, 0.3) is 55.2 Å². The molecule has 0 saturated heterocycles. The number of imidazole rings is 2. The molecule has 4 aromatic heterocycles. The quantitative estimate of drug-likeness (QED) is 0.141. The van der Waals surface area contributed by atoms with Crippen molar-refractivity contribution in [1.29, 1.82) is 5.26 Å². The van der Waals surface area contributed by atoms with Crippen molar-refractivity contribution in [2.24, 2.45) is 10.8 Å². The summed E-state index contributed by atoms with van der Waals surface area (Å²) in [6, 6.07) is 26.5. The van der Waals surface area contributed by atoms with Gasteiger partial charge in [0.25, 0.3) is 0 Å². The summed E-state index contributed by atoms with van der Waals surface area (Å²) in [5.74, 6) is 1.96. The maximum atomic E-state index is 9.69. The predicted octanol–water partition coefficient (Wildman–Crippen LogP) is 14.6. The third-order valence-electron chi connectivity index (χ3n) is 18.1. The largest absolute Gasteiger partial charge is 0.321 e. The molecule has 0 unspecified atom stereocenters. The average Bonchev–Trinajstić information content (AvgIpc) is 3.83. The molecule has 7 nitrogen and oxygen atoms in total. The summed E-state index contributed by atoms with van der Waals surface area (Å²) < 4.78 is 4.50. The first-order chi connectivity index (χ1) is 30.1. The number of nitrogens with zero attached hydrogens (tertiary/aromatic N) is 7. The Kier molecular flexibility index (Phi) is 10.5. The topological polar surface area (TPSA) is 84.2 Å². The van der Waals surface area contributed by atoms with Crippen LogP contribution >= 0.6 is 0 Å². The van der Waals surface area contributed by atoms with E-state index in [9.17, 15) is 5.26 Å². The van der Waals surface area contributed by atoms with Crippen molar-refractivity contribution >= 4 is 55.2 Å². The molecule has 67 heavy (non-hydrogen) atoms. The summed E-state index contributed by atoms with van der Waals surface area (Å²) in [7, 11) is 0. The van der Waals surface area contributed by atoms with Crippen molar-refractivity contribution in [3.8, 4) is 6.07 Å². The smallest absolute Gasteiger partial charge is 0.102 e. The summed E-state index contributed by atoms with van der Waals surface area (Å²) in [5, 5.41) is 11.5. The minimum absolute atomic E-state index is 0. The third-order valence-corrected chi connectivity index (χ3v) is 18.1. The molecular weight excluding hydrogens is 999 g/mol. The Morgan fingerprint density at radius 1 is 0.507 bits per heavy atom. The molecule has 0 N–H and O–H groups in total. The second-order valence-corrected chi connectivity index (χ2v) is 26.1. The van der Waals surface area contributed by atoms with E-state index in [2.05, 4.69) is 209 Å². The van der Waals surface area contributed by atoms with E-state index < -0.39 is 0 Å². The van der Waals surface area contributed by atoms with Crippen molar-refractivity contribution in [3.63, 3.8) is 0 Å². The Labute approximate surface area is 413 Å². The first-order valence-corrected chi connectivity index (χ1v) is 24.0. The van der Waals surface area contributed by atoms with Gasteiger partial charge in [-0.3, -0.25) is 19.9 Å². The normalized spacial score (nSPS) is 18.8. The second kappa shape index (κ2) is 14.4. The third kappa shape index (κ3) is 6.49. The molecule has 353 valence electrons. The van der Waals surface area contributed by atoms with Crippen LogP contribution in [0.1, 0.15) is 190 Å². The molecule has 4 aromatic carbocycles. The molecule has 0 bridgehead atoms. The summed E-state index contributed by atoms with van der Waals surface area (Å²) in [5.41, 5.74) is 15.2. The Morgan fingerprint density at radius 3 is 1.34 bits per heavy atom. The molecule has 2 aliphatic carbocycles. The minimum Gasteiger partial charge on any atom is -0.321 e. The zero-order valence-corrected chi connectivity index (χ0v) is 46.5. The van der Waals surface area contributed by atoms with Crippen LogP contribution in [0.15, 0.2) is 48.5 Å². The molecular formula is C59H71IrN7-2. The Balaban J connectivity index is 0.000000179. The van der Waals surface area contributed by atoms with Gasteiger partial charge in [-0.15, -0.1) is 42.0 Å². The molecule has 0 spiro atoms. The average molecular weight is 1070 g/mol. The van der Waals surface area contributed by atoms with Crippen molar-refractivity contribution in [1.82, 2.24) is 28.7 Å². The minimum atomic E-state index is -0.226. The Morgan fingerprint density at radius 2 is 0.925 bits per heavy atom. The SMILES string of the molecule is CC(C)(C)c1c[c-]c2c(c1)nc(C(C)(C)C)n1c3cc4c(cc3nc21)C(C)(C)C(C)(C)C4(C)C.CC(C)(C)c1nc2c(C#N)cc[c-]c2c2nc3cc4c(cc3n12)C(C)(C)C(C)(C)C4(C)C.[Ir]. The second-order valence-electron chi connectivity index (χ2n) is 26.1. The van der Waals surface area contributed by atoms with Gasteiger partial charge in [-0.25, -0.2) is 0 Å². The van der Waals surface area contributed by atoms with E-state index in [0.29, 0.717) is 11.1 Å². The van der Waals surface area contributed by atoms with Gasteiger partial charge >= 0.3 is 0 Å². The number of hydrogen-bond donors (Lipinski definition) is 0. The van der Waals surface area contributed by atoms with Crippen molar-refractivity contribution < 1.29 is 20.1 Å². The van der Waals surface area contributed by atoms with E-state index in [1.165, 1.54) is 27.8 Å². The Bertz CT molecular complexity index is 3430. The summed E-state index contributed by atoms with van der Waals surface area (Å²) in [4.78, 5) is 20.6. The van der Waals surface area contributed by atoms with Crippen LogP contribution in [-0.4, -0.2) is 28.7 Å². The first-order valence-electron chi connectivity index (χ1n) is 24.0. The number of rotatable bonds is 0. The van der Waals surface area contributed by atoms with E-state index in [1.54, 1.807) is 12.1 Å². The fourth-order valence-corrected chi connectivity index (χ4v) is 11.4. The van der Waals surface area contributed by atoms with E-state index >= 15 is 0 Å². The molecule has 0 amide bonds. The zero-order chi connectivity index (χ0) is 48.7. The number of aromatic nitrogens is 6. The molecule has 2 aliphatic rings. The van der Waals surface area contributed by atoms with Crippen molar-refractivity contribution in [2.45, 2.75) is 183 Å². The number of hydrogen-bond acceptors (Lipinski definition) is 5. The monoisotopic (exact) mass is 1070 g/mol. The van der Waals surface area contributed by atoms with Crippen LogP contribution in [0.4, 0.5) is 0 Å². The maximum Gasteiger partial charge on any atom is 0.102 e. The van der Waals surface area contributed by atoms with Gasteiger partial charge in [0.1, 0.15) is 11.6 Å². The van der Waals surface area contributed by atoms with E-state index in [1.807, 2.05) is 0 Å². The molecule has 8 heteroatoms. The standard InChI is InChI=1S/C31H40N3.C28H31N4.Ir/c1-27(2,3)18-13-14-19-22(15-18)33-26(28(4,5)6)34-24-17-21-20(16-23(24)32-25(19)34)29(7,8)31(11,12)30(21,9)10;1-25(2,3)24-31-22-16(15-29)11-10-12-17(22)23-30-20-13-18-19(14-21(20)32(23)24)27(6,7)28(8,9)26(18,4)5;/h13,15-17H,1-12H3;10-11,13-14H,1-9H3;/q2*-1;. The van der Waals surface area contributed by atoms with E-state index in [0.717, 1.165) is 61.3 Å². The van der Waals surface area contributed by atoms with Crippen LogP contribution < -0.4 is 0 Å².